The van der Waals surface area contributed by atoms with Crippen LogP contribution in [0.25, 0.3) is 0 Å². The first-order valence-corrected chi connectivity index (χ1v) is 10.1. The average Bonchev–Trinajstić information content (AvgIpc) is 3.22. The van der Waals surface area contributed by atoms with Crippen molar-refractivity contribution in [1.82, 2.24) is 9.80 Å². The first-order valence-electron chi connectivity index (χ1n) is 10.1. The largest absolute Gasteiger partial charge is 0.619 e. The molecule has 0 unspecified atom stereocenters. The Balaban J connectivity index is 1.29. The molecule has 5 nitrogen and oxygen atoms in total. The summed E-state index contributed by atoms with van der Waals surface area (Å²) in [7, 11) is 0. The van der Waals surface area contributed by atoms with Gasteiger partial charge in [0.25, 0.3) is 5.91 Å². The van der Waals surface area contributed by atoms with Gasteiger partial charge in [-0.25, -0.2) is 8.78 Å². The van der Waals surface area contributed by atoms with Gasteiger partial charge >= 0.3 is 0 Å². The van der Waals surface area contributed by atoms with Crippen LogP contribution in [0, 0.1) is 28.7 Å². The fraction of sp³-hybridized carbons (Fsp3) is 0.455. The lowest BCUT2D eigenvalue weighted by Gasteiger charge is -2.35. The standard InChI is InChI=1S/C22H25F2N3O2/c23-20-3-1-2-19(21(20)24)14-25-9-4-16(5-10-25)18-6-11-26(15-18)22(28)17-7-12-27(29)13-8-17/h1-3,7-8,12-13,16,18H,4-6,9-11,14-15H2/t18-/m1/s1. The van der Waals surface area contributed by atoms with E-state index < -0.39 is 11.6 Å². The Morgan fingerprint density at radius 2 is 1.72 bits per heavy atom. The smallest absolute Gasteiger partial charge is 0.254 e. The van der Waals surface area contributed by atoms with Crippen LogP contribution >= 0.6 is 0 Å². The van der Waals surface area contributed by atoms with Gasteiger partial charge in [-0.15, -0.1) is 0 Å². The van der Waals surface area contributed by atoms with Crippen molar-refractivity contribution < 1.29 is 18.3 Å². The summed E-state index contributed by atoms with van der Waals surface area (Å²) in [4.78, 5) is 16.7. The lowest BCUT2D eigenvalue weighted by atomic mass is 9.83. The molecule has 2 saturated heterocycles. The highest BCUT2D eigenvalue weighted by Crippen LogP contribution is 2.33. The van der Waals surface area contributed by atoms with Crippen LogP contribution in [-0.2, 0) is 6.54 Å². The van der Waals surface area contributed by atoms with Crippen molar-refractivity contribution in [1.29, 1.82) is 0 Å². The Morgan fingerprint density at radius 3 is 2.45 bits per heavy atom. The summed E-state index contributed by atoms with van der Waals surface area (Å²) >= 11 is 0. The third-order valence-corrected chi connectivity index (χ3v) is 6.29. The Bertz CT molecular complexity index is 867. The lowest BCUT2D eigenvalue weighted by Crippen LogP contribution is -2.37. The third kappa shape index (κ3) is 4.40. The minimum atomic E-state index is -0.795. The van der Waals surface area contributed by atoms with E-state index in [1.807, 2.05) is 4.90 Å². The van der Waals surface area contributed by atoms with Gasteiger partial charge in [0.1, 0.15) is 0 Å². The maximum atomic E-state index is 13.9. The number of benzene rings is 1. The Morgan fingerprint density at radius 1 is 1.03 bits per heavy atom. The maximum absolute atomic E-state index is 13.9. The molecule has 4 rings (SSSR count). The minimum absolute atomic E-state index is 0.0212. The Hall–Kier alpha value is -2.54. The SMILES string of the molecule is O=C(c1cc[n+]([O-])cc1)N1CC[C@@H](C2CCN(Cc3cccc(F)c3F)CC2)C1. The highest BCUT2D eigenvalue weighted by Gasteiger charge is 2.34. The van der Waals surface area contributed by atoms with Gasteiger partial charge in [-0.3, -0.25) is 9.69 Å². The van der Waals surface area contributed by atoms with Crippen LogP contribution in [0.1, 0.15) is 35.2 Å². The Kier molecular flexibility index (Phi) is 5.76. The number of carbonyl (C=O) groups is 1. The summed E-state index contributed by atoms with van der Waals surface area (Å²) in [6.45, 7) is 3.62. The summed E-state index contributed by atoms with van der Waals surface area (Å²) in [6.07, 6.45) is 5.69. The van der Waals surface area contributed by atoms with Crippen molar-refractivity contribution >= 4 is 5.91 Å². The van der Waals surface area contributed by atoms with E-state index in [1.165, 1.54) is 12.4 Å². The van der Waals surface area contributed by atoms with Gasteiger partial charge in [0.2, 0.25) is 0 Å². The second kappa shape index (κ2) is 8.45. The van der Waals surface area contributed by atoms with E-state index in [-0.39, 0.29) is 5.91 Å². The number of likely N-dealkylation sites (tertiary alicyclic amines) is 2. The molecular weight excluding hydrogens is 376 g/mol. The van der Waals surface area contributed by atoms with Gasteiger partial charge in [-0.2, -0.15) is 4.73 Å². The van der Waals surface area contributed by atoms with Gasteiger partial charge in [0.15, 0.2) is 24.0 Å². The average molecular weight is 401 g/mol. The molecule has 2 aliphatic rings. The molecule has 154 valence electrons. The molecule has 2 aromatic rings. The first-order chi connectivity index (χ1) is 14.0. The summed E-state index contributed by atoms with van der Waals surface area (Å²) < 4.78 is 28.0. The minimum Gasteiger partial charge on any atom is -0.619 e. The van der Waals surface area contributed by atoms with Gasteiger partial charge in [0.05, 0.1) is 5.56 Å². The second-order valence-corrected chi connectivity index (χ2v) is 8.07. The van der Waals surface area contributed by atoms with Crippen molar-refractivity contribution in [3.05, 3.63) is 70.7 Å². The second-order valence-electron chi connectivity index (χ2n) is 8.07. The van der Waals surface area contributed by atoms with Crippen molar-refractivity contribution in [3.8, 4) is 0 Å². The van der Waals surface area contributed by atoms with E-state index in [1.54, 1.807) is 24.3 Å². The van der Waals surface area contributed by atoms with Crippen LogP contribution in [0.15, 0.2) is 42.7 Å². The molecule has 1 amide bonds. The normalized spacial score (nSPS) is 20.9. The summed E-state index contributed by atoms with van der Waals surface area (Å²) in [5, 5.41) is 11.1. The highest BCUT2D eigenvalue weighted by molar-refractivity contribution is 5.94. The number of pyridine rings is 1. The molecule has 0 saturated carbocycles. The molecule has 0 N–H and O–H groups in total. The molecule has 1 aromatic heterocycles. The van der Waals surface area contributed by atoms with E-state index in [2.05, 4.69) is 4.90 Å². The van der Waals surface area contributed by atoms with Crippen LogP contribution in [0.2, 0.25) is 0 Å². The molecule has 29 heavy (non-hydrogen) atoms. The van der Waals surface area contributed by atoms with E-state index >= 15 is 0 Å². The highest BCUT2D eigenvalue weighted by atomic mass is 19.2. The third-order valence-electron chi connectivity index (χ3n) is 6.29. The van der Waals surface area contributed by atoms with Crippen molar-refractivity contribution in [2.24, 2.45) is 11.8 Å². The van der Waals surface area contributed by atoms with Crippen LogP contribution in [0.3, 0.4) is 0 Å². The number of hydrogen-bond acceptors (Lipinski definition) is 3. The number of aromatic nitrogens is 1. The molecular formula is C22H25F2N3O2. The number of halogens is 2. The van der Waals surface area contributed by atoms with E-state index in [9.17, 15) is 18.8 Å². The summed E-state index contributed by atoms with van der Waals surface area (Å²) in [5.41, 5.74) is 0.952. The van der Waals surface area contributed by atoms with Crippen LogP contribution in [-0.4, -0.2) is 41.9 Å². The molecule has 2 aliphatic heterocycles. The Labute approximate surface area is 169 Å². The predicted molar refractivity (Wildman–Crippen MR) is 104 cm³/mol. The molecule has 2 fully saturated rings. The number of rotatable bonds is 4. The van der Waals surface area contributed by atoms with Crippen LogP contribution in [0.5, 0.6) is 0 Å². The number of piperidine rings is 1. The topological polar surface area (TPSA) is 50.5 Å². The van der Waals surface area contributed by atoms with Crippen molar-refractivity contribution in [3.63, 3.8) is 0 Å². The van der Waals surface area contributed by atoms with Gasteiger partial charge in [0, 0.05) is 37.3 Å². The maximum Gasteiger partial charge on any atom is 0.254 e. The number of amides is 1. The zero-order chi connectivity index (χ0) is 20.4. The molecule has 1 atom stereocenters. The molecule has 3 heterocycles. The summed E-state index contributed by atoms with van der Waals surface area (Å²) in [5.74, 6) is -0.548. The number of carbonyl (C=O) groups excluding carboxylic acids is 1. The fourth-order valence-corrected chi connectivity index (χ4v) is 4.59. The molecule has 0 radical (unpaired) electrons. The molecule has 7 heteroatoms. The van der Waals surface area contributed by atoms with Crippen molar-refractivity contribution in [2.45, 2.75) is 25.8 Å². The zero-order valence-electron chi connectivity index (χ0n) is 16.3. The predicted octanol–water partition coefficient (Wildman–Crippen LogP) is 2.97. The lowest BCUT2D eigenvalue weighted by molar-refractivity contribution is -0.605. The zero-order valence-corrected chi connectivity index (χ0v) is 16.3. The van der Waals surface area contributed by atoms with E-state index in [0.29, 0.717) is 34.2 Å². The van der Waals surface area contributed by atoms with Gasteiger partial charge in [-0.05, 0) is 50.3 Å². The molecule has 0 aliphatic carbocycles. The van der Waals surface area contributed by atoms with Crippen LogP contribution in [0.4, 0.5) is 8.78 Å². The number of nitrogens with zero attached hydrogens (tertiary/aromatic N) is 3. The summed E-state index contributed by atoms with van der Waals surface area (Å²) in [6, 6.07) is 7.46. The fourth-order valence-electron chi connectivity index (χ4n) is 4.59. The van der Waals surface area contributed by atoms with Gasteiger partial charge < -0.3 is 10.1 Å². The van der Waals surface area contributed by atoms with Gasteiger partial charge in [-0.1, -0.05) is 12.1 Å². The quantitative estimate of drug-likeness (QED) is 0.585. The van der Waals surface area contributed by atoms with E-state index in [0.717, 1.165) is 51.5 Å². The monoisotopic (exact) mass is 401 g/mol. The number of hydrogen-bond donors (Lipinski definition) is 0. The first kappa shape index (κ1) is 19.8. The molecule has 0 spiro atoms. The molecule has 0 bridgehead atoms. The van der Waals surface area contributed by atoms with Crippen LogP contribution < -0.4 is 4.73 Å². The molecule has 1 aromatic carbocycles. The van der Waals surface area contributed by atoms with E-state index in [4.69, 9.17) is 0 Å². The van der Waals surface area contributed by atoms with Crippen molar-refractivity contribution in [2.75, 3.05) is 26.2 Å².